The maximum atomic E-state index is 5.61. The minimum atomic E-state index is 0.210. The predicted molar refractivity (Wildman–Crippen MR) is 53.1 cm³/mol. The van der Waals surface area contributed by atoms with E-state index < -0.39 is 0 Å². The standard InChI is InChI=1S/C9H17N3O/c1-5-7(2)13-9-8(10-3)6-12(4)11-9/h6-7,10H,5H2,1-4H3. The highest BCUT2D eigenvalue weighted by molar-refractivity contribution is 5.50. The van der Waals surface area contributed by atoms with Crippen molar-refractivity contribution >= 4 is 5.69 Å². The lowest BCUT2D eigenvalue weighted by molar-refractivity contribution is 0.208. The Hall–Kier alpha value is -1.19. The van der Waals surface area contributed by atoms with E-state index in [2.05, 4.69) is 17.3 Å². The first-order valence-electron chi connectivity index (χ1n) is 4.55. The number of nitrogens with zero attached hydrogens (tertiary/aromatic N) is 2. The van der Waals surface area contributed by atoms with Crippen LogP contribution in [0.5, 0.6) is 5.88 Å². The highest BCUT2D eigenvalue weighted by Gasteiger charge is 2.09. The van der Waals surface area contributed by atoms with Gasteiger partial charge in [-0.05, 0) is 13.3 Å². The van der Waals surface area contributed by atoms with Crippen LogP contribution in [0.25, 0.3) is 0 Å². The third-order valence-corrected chi connectivity index (χ3v) is 1.95. The summed E-state index contributed by atoms with van der Waals surface area (Å²) in [7, 11) is 3.74. The molecule has 0 amide bonds. The maximum Gasteiger partial charge on any atom is 0.256 e. The lowest BCUT2D eigenvalue weighted by Crippen LogP contribution is -2.11. The number of hydrogen-bond acceptors (Lipinski definition) is 3. The topological polar surface area (TPSA) is 39.1 Å². The molecule has 0 aliphatic heterocycles. The van der Waals surface area contributed by atoms with Gasteiger partial charge < -0.3 is 10.1 Å². The van der Waals surface area contributed by atoms with E-state index in [0.29, 0.717) is 5.88 Å². The largest absolute Gasteiger partial charge is 0.472 e. The third kappa shape index (κ3) is 2.37. The van der Waals surface area contributed by atoms with Crippen molar-refractivity contribution in [2.24, 2.45) is 7.05 Å². The molecular formula is C9H17N3O. The molecule has 1 unspecified atom stereocenters. The number of aryl methyl sites for hydroxylation is 1. The summed E-state index contributed by atoms with van der Waals surface area (Å²) in [6.07, 6.45) is 3.10. The molecule has 0 saturated heterocycles. The number of anilines is 1. The fraction of sp³-hybridized carbons (Fsp3) is 0.667. The van der Waals surface area contributed by atoms with Gasteiger partial charge in [0.1, 0.15) is 5.69 Å². The van der Waals surface area contributed by atoms with E-state index in [-0.39, 0.29) is 6.10 Å². The SMILES string of the molecule is CCC(C)Oc1nn(C)cc1NC. The quantitative estimate of drug-likeness (QED) is 0.771. The molecule has 74 valence electrons. The maximum absolute atomic E-state index is 5.61. The zero-order valence-corrected chi connectivity index (χ0v) is 8.66. The molecule has 13 heavy (non-hydrogen) atoms. The summed E-state index contributed by atoms with van der Waals surface area (Å²) in [6.45, 7) is 4.13. The Morgan fingerprint density at radius 2 is 2.38 bits per heavy atom. The van der Waals surface area contributed by atoms with Crippen LogP contribution in [-0.2, 0) is 7.05 Å². The van der Waals surface area contributed by atoms with Crippen molar-refractivity contribution in [2.45, 2.75) is 26.4 Å². The Morgan fingerprint density at radius 3 is 2.92 bits per heavy atom. The molecule has 0 aliphatic carbocycles. The Kier molecular flexibility index (Phi) is 3.17. The second-order valence-corrected chi connectivity index (χ2v) is 3.11. The molecule has 0 saturated carbocycles. The zero-order chi connectivity index (χ0) is 9.84. The summed E-state index contributed by atoms with van der Waals surface area (Å²) in [6, 6.07) is 0. The molecule has 1 atom stereocenters. The van der Waals surface area contributed by atoms with Gasteiger partial charge in [0, 0.05) is 14.1 Å². The molecule has 1 N–H and O–H groups in total. The van der Waals surface area contributed by atoms with Crippen LogP contribution in [0, 0.1) is 0 Å². The summed E-state index contributed by atoms with van der Waals surface area (Å²) >= 11 is 0. The summed E-state index contributed by atoms with van der Waals surface area (Å²) in [5, 5.41) is 7.24. The first kappa shape index (κ1) is 9.89. The number of rotatable bonds is 4. The van der Waals surface area contributed by atoms with Crippen LogP contribution in [0.2, 0.25) is 0 Å². The second kappa shape index (κ2) is 4.16. The van der Waals surface area contributed by atoms with Crippen LogP contribution < -0.4 is 10.1 Å². The molecule has 4 heteroatoms. The zero-order valence-electron chi connectivity index (χ0n) is 8.66. The second-order valence-electron chi connectivity index (χ2n) is 3.11. The Balaban J connectivity index is 2.74. The van der Waals surface area contributed by atoms with Gasteiger partial charge in [0.25, 0.3) is 5.88 Å². The number of nitrogens with one attached hydrogen (secondary N) is 1. The van der Waals surface area contributed by atoms with Crippen LogP contribution in [0.3, 0.4) is 0 Å². The number of hydrogen-bond donors (Lipinski definition) is 1. The van der Waals surface area contributed by atoms with Crippen molar-refractivity contribution in [1.29, 1.82) is 0 Å². The van der Waals surface area contributed by atoms with Gasteiger partial charge in [-0.3, -0.25) is 4.68 Å². The highest BCUT2D eigenvalue weighted by atomic mass is 16.5. The van der Waals surface area contributed by atoms with Crippen molar-refractivity contribution in [1.82, 2.24) is 9.78 Å². The van der Waals surface area contributed by atoms with Crippen molar-refractivity contribution in [3.8, 4) is 5.88 Å². The van der Waals surface area contributed by atoms with Gasteiger partial charge in [-0.1, -0.05) is 6.92 Å². The predicted octanol–water partition coefficient (Wildman–Crippen LogP) is 1.64. The fourth-order valence-electron chi connectivity index (χ4n) is 1.00. The van der Waals surface area contributed by atoms with Gasteiger partial charge in [0.2, 0.25) is 0 Å². The van der Waals surface area contributed by atoms with Crippen LogP contribution in [0.4, 0.5) is 5.69 Å². The van der Waals surface area contributed by atoms with E-state index >= 15 is 0 Å². The number of ether oxygens (including phenoxy) is 1. The molecule has 0 bridgehead atoms. The molecule has 1 aromatic heterocycles. The van der Waals surface area contributed by atoms with Gasteiger partial charge in [0.05, 0.1) is 12.3 Å². The van der Waals surface area contributed by atoms with E-state index in [4.69, 9.17) is 4.74 Å². The van der Waals surface area contributed by atoms with E-state index in [0.717, 1.165) is 12.1 Å². The molecule has 4 nitrogen and oxygen atoms in total. The lowest BCUT2D eigenvalue weighted by atomic mass is 10.3. The van der Waals surface area contributed by atoms with Crippen molar-refractivity contribution in [2.75, 3.05) is 12.4 Å². The van der Waals surface area contributed by atoms with Gasteiger partial charge in [0.15, 0.2) is 0 Å². The minimum Gasteiger partial charge on any atom is -0.472 e. The first-order valence-corrected chi connectivity index (χ1v) is 4.55. The Morgan fingerprint density at radius 1 is 1.69 bits per heavy atom. The Bertz CT molecular complexity index is 270. The molecule has 0 aromatic carbocycles. The van der Waals surface area contributed by atoms with Crippen molar-refractivity contribution in [3.05, 3.63) is 6.20 Å². The first-order chi connectivity index (χ1) is 6.17. The van der Waals surface area contributed by atoms with Crippen LogP contribution in [0.1, 0.15) is 20.3 Å². The van der Waals surface area contributed by atoms with E-state index in [1.807, 2.05) is 27.2 Å². The molecule has 0 spiro atoms. The van der Waals surface area contributed by atoms with Crippen LogP contribution >= 0.6 is 0 Å². The van der Waals surface area contributed by atoms with Crippen LogP contribution in [-0.4, -0.2) is 22.9 Å². The summed E-state index contributed by atoms with van der Waals surface area (Å²) in [5.41, 5.74) is 0.933. The average Bonchev–Trinajstić information content (AvgIpc) is 2.46. The fourth-order valence-corrected chi connectivity index (χ4v) is 1.00. The monoisotopic (exact) mass is 183 g/mol. The lowest BCUT2D eigenvalue weighted by Gasteiger charge is -2.10. The molecule has 1 aromatic rings. The summed E-state index contributed by atoms with van der Waals surface area (Å²) < 4.78 is 7.35. The molecule has 0 radical (unpaired) electrons. The Labute approximate surface area is 78.9 Å². The molecular weight excluding hydrogens is 166 g/mol. The highest BCUT2D eigenvalue weighted by Crippen LogP contribution is 2.22. The van der Waals surface area contributed by atoms with Crippen molar-refractivity contribution in [3.63, 3.8) is 0 Å². The van der Waals surface area contributed by atoms with Gasteiger partial charge >= 0.3 is 0 Å². The summed E-state index contributed by atoms with van der Waals surface area (Å²) in [5.74, 6) is 0.680. The third-order valence-electron chi connectivity index (χ3n) is 1.95. The molecule has 1 heterocycles. The smallest absolute Gasteiger partial charge is 0.256 e. The molecule has 1 rings (SSSR count). The average molecular weight is 183 g/mol. The normalized spacial score (nSPS) is 12.6. The molecule has 0 fully saturated rings. The van der Waals surface area contributed by atoms with Gasteiger partial charge in [-0.15, -0.1) is 5.10 Å². The number of aromatic nitrogens is 2. The van der Waals surface area contributed by atoms with Crippen LogP contribution in [0.15, 0.2) is 6.20 Å². The van der Waals surface area contributed by atoms with Gasteiger partial charge in [-0.2, -0.15) is 0 Å². The van der Waals surface area contributed by atoms with E-state index in [1.54, 1.807) is 4.68 Å². The van der Waals surface area contributed by atoms with Crippen molar-refractivity contribution < 1.29 is 4.74 Å². The minimum absolute atomic E-state index is 0.210. The van der Waals surface area contributed by atoms with E-state index in [9.17, 15) is 0 Å². The van der Waals surface area contributed by atoms with Gasteiger partial charge in [-0.25, -0.2) is 0 Å². The molecule has 0 aliphatic rings. The summed E-state index contributed by atoms with van der Waals surface area (Å²) in [4.78, 5) is 0. The van der Waals surface area contributed by atoms with E-state index in [1.165, 1.54) is 0 Å².